The van der Waals surface area contributed by atoms with Crippen molar-refractivity contribution >= 4 is 17.3 Å². The van der Waals surface area contributed by atoms with Crippen LogP contribution in [0.15, 0.2) is 42.6 Å². The molecular weight excluding hydrogens is 196 g/mol. The van der Waals surface area contributed by atoms with Crippen LogP contribution < -0.4 is 5.73 Å². The Bertz CT molecular complexity index is 440. The third kappa shape index (κ3) is 1.56. The standard InChI is InChI=1S/C11H9ClN2/c12-10-9(13)6-7-14-11(10)8-4-2-1-3-5-8/h1-7H,(H2,13,14). The first-order valence-corrected chi connectivity index (χ1v) is 4.62. The van der Waals surface area contributed by atoms with Gasteiger partial charge in [-0.15, -0.1) is 0 Å². The van der Waals surface area contributed by atoms with Gasteiger partial charge in [0.25, 0.3) is 0 Å². The third-order valence-electron chi connectivity index (χ3n) is 1.97. The normalized spacial score (nSPS) is 10.1. The van der Waals surface area contributed by atoms with Crippen LogP contribution in [-0.4, -0.2) is 4.98 Å². The van der Waals surface area contributed by atoms with Crippen molar-refractivity contribution in [2.75, 3.05) is 5.73 Å². The zero-order valence-corrected chi connectivity index (χ0v) is 8.20. The lowest BCUT2D eigenvalue weighted by Gasteiger charge is -2.04. The van der Waals surface area contributed by atoms with Crippen LogP contribution in [0.5, 0.6) is 0 Å². The molecule has 70 valence electrons. The number of nitrogens with two attached hydrogens (primary N) is 1. The molecule has 1 aromatic carbocycles. The minimum Gasteiger partial charge on any atom is -0.397 e. The Morgan fingerprint density at radius 3 is 2.50 bits per heavy atom. The van der Waals surface area contributed by atoms with Crippen molar-refractivity contribution in [1.29, 1.82) is 0 Å². The first kappa shape index (κ1) is 9.03. The van der Waals surface area contributed by atoms with Crippen molar-refractivity contribution in [3.05, 3.63) is 47.6 Å². The summed E-state index contributed by atoms with van der Waals surface area (Å²) in [5, 5.41) is 0.513. The van der Waals surface area contributed by atoms with Gasteiger partial charge in [0.1, 0.15) is 0 Å². The summed E-state index contributed by atoms with van der Waals surface area (Å²) in [5.74, 6) is 0. The van der Waals surface area contributed by atoms with E-state index in [1.807, 2.05) is 30.3 Å². The smallest absolute Gasteiger partial charge is 0.0909 e. The SMILES string of the molecule is Nc1ccnc(-c2ccccc2)c1Cl. The summed E-state index contributed by atoms with van der Waals surface area (Å²) in [7, 11) is 0. The van der Waals surface area contributed by atoms with Crippen LogP contribution in [0.1, 0.15) is 0 Å². The molecule has 0 spiro atoms. The van der Waals surface area contributed by atoms with E-state index in [0.29, 0.717) is 10.7 Å². The van der Waals surface area contributed by atoms with E-state index >= 15 is 0 Å². The van der Waals surface area contributed by atoms with Crippen LogP contribution in [-0.2, 0) is 0 Å². The maximum absolute atomic E-state index is 6.04. The van der Waals surface area contributed by atoms with Gasteiger partial charge < -0.3 is 5.73 Å². The highest BCUT2D eigenvalue weighted by Gasteiger charge is 2.06. The predicted molar refractivity (Wildman–Crippen MR) is 59.1 cm³/mol. The zero-order valence-electron chi connectivity index (χ0n) is 7.44. The molecule has 1 heterocycles. The fraction of sp³-hybridized carbons (Fsp3) is 0. The van der Waals surface area contributed by atoms with Gasteiger partial charge >= 0.3 is 0 Å². The van der Waals surface area contributed by atoms with Gasteiger partial charge in [-0.25, -0.2) is 0 Å². The van der Waals surface area contributed by atoms with Crippen LogP contribution in [0.4, 0.5) is 5.69 Å². The summed E-state index contributed by atoms with van der Waals surface area (Å²) >= 11 is 6.04. The van der Waals surface area contributed by atoms with E-state index in [4.69, 9.17) is 17.3 Å². The second kappa shape index (κ2) is 3.68. The van der Waals surface area contributed by atoms with Crippen molar-refractivity contribution in [3.8, 4) is 11.3 Å². The zero-order chi connectivity index (χ0) is 9.97. The van der Waals surface area contributed by atoms with E-state index in [1.165, 1.54) is 0 Å². The molecule has 0 aliphatic carbocycles. The van der Waals surface area contributed by atoms with E-state index in [0.717, 1.165) is 11.3 Å². The fourth-order valence-corrected chi connectivity index (χ4v) is 1.48. The van der Waals surface area contributed by atoms with Crippen molar-refractivity contribution in [2.24, 2.45) is 0 Å². The van der Waals surface area contributed by atoms with Crippen LogP contribution in [0, 0.1) is 0 Å². The van der Waals surface area contributed by atoms with E-state index in [-0.39, 0.29) is 0 Å². The molecule has 0 saturated heterocycles. The molecule has 0 atom stereocenters. The third-order valence-corrected chi connectivity index (χ3v) is 2.36. The highest BCUT2D eigenvalue weighted by molar-refractivity contribution is 6.35. The number of nitrogen functional groups attached to an aromatic ring is 1. The van der Waals surface area contributed by atoms with Crippen molar-refractivity contribution in [3.63, 3.8) is 0 Å². The summed E-state index contributed by atoms with van der Waals surface area (Å²) in [6, 6.07) is 11.4. The van der Waals surface area contributed by atoms with Crippen LogP contribution in [0.2, 0.25) is 5.02 Å². The number of hydrogen-bond acceptors (Lipinski definition) is 2. The van der Waals surface area contributed by atoms with E-state index < -0.39 is 0 Å². The Labute approximate surface area is 87.4 Å². The molecule has 3 heteroatoms. The predicted octanol–water partition coefficient (Wildman–Crippen LogP) is 2.98. The average molecular weight is 205 g/mol. The maximum atomic E-state index is 6.04. The molecule has 1 aromatic heterocycles. The van der Waals surface area contributed by atoms with Crippen LogP contribution in [0.3, 0.4) is 0 Å². The van der Waals surface area contributed by atoms with Crippen molar-refractivity contribution in [1.82, 2.24) is 4.98 Å². The minimum absolute atomic E-state index is 0.513. The second-order valence-electron chi connectivity index (χ2n) is 2.93. The Morgan fingerprint density at radius 1 is 1.07 bits per heavy atom. The van der Waals surface area contributed by atoms with E-state index in [2.05, 4.69) is 4.98 Å². The Morgan fingerprint density at radius 2 is 1.79 bits per heavy atom. The topological polar surface area (TPSA) is 38.9 Å². The summed E-state index contributed by atoms with van der Waals surface area (Å²) in [5.41, 5.74) is 7.95. The van der Waals surface area contributed by atoms with Gasteiger partial charge in [-0.1, -0.05) is 41.9 Å². The molecule has 0 unspecified atom stereocenters. The van der Waals surface area contributed by atoms with Gasteiger partial charge in [0.05, 0.1) is 16.4 Å². The van der Waals surface area contributed by atoms with Crippen molar-refractivity contribution in [2.45, 2.75) is 0 Å². The Hall–Kier alpha value is -1.54. The second-order valence-corrected chi connectivity index (χ2v) is 3.31. The number of anilines is 1. The number of aromatic nitrogens is 1. The quantitative estimate of drug-likeness (QED) is 0.776. The summed E-state index contributed by atoms with van der Waals surface area (Å²) < 4.78 is 0. The first-order chi connectivity index (χ1) is 6.79. The molecule has 14 heavy (non-hydrogen) atoms. The molecule has 0 aliphatic heterocycles. The average Bonchev–Trinajstić information content (AvgIpc) is 2.23. The molecule has 2 nitrogen and oxygen atoms in total. The molecule has 0 fully saturated rings. The number of halogens is 1. The monoisotopic (exact) mass is 204 g/mol. The molecule has 2 N–H and O–H groups in total. The Balaban J connectivity index is 2.58. The highest BCUT2D eigenvalue weighted by atomic mass is 35.5. The number of nitrogens with zero attached hydrogens (tertiary/aromatic N) is 1. The van der Waals surface area contributed by atoms with Gasteiger partial charge in [-0.3, -0.25) is 4.98 Å². The fourth-order valence-electron chi connectivity index (χ4n) is 1.26. The number of rotatable bonds is 1. The van der Waals surface area contributed by atoms with E-state index in [1.54, 1.807) is 12.3 Å². The lowest BCUT2D eigenvalue weighted by molar-refractivity contribution is 1.33. The molecule has 0 bridgehead atoms. The van der Waals surface area contributed by atoms with Gasteiger partial charge in [0.15, 0.2) is 0 Å². The molecule has 0 amide bonds. The molecule has 0 aliphatic rings. The summed E-state index contributed by atoms with van der Waals surface area (Å²) in [6.07, 6.45) is 1.66. The number of benzene rings is 1. The largest absolute Gasteiger partial charge is 0.397 e. The number of pyridine rings is 1. The summed E-state index contributed by atoms with van der Waals surface area (Å²) in [4.78, 5) is 4.20. The van der Waals surface area contributed by atoms with Gasteiger partial charge in [-0.05, 0) is 6.07 Å². The maximum Gasteiger partial charge on any atom is 0.0909 e. The lowest BCUT2D eigenvalue weighted by Crippen LogP contribution is -1.91. The van der Waals surface area contributed by atoms with E-state index in [9.17, 15) is 0 Å². The molecule has 0 saturated carbocycles. The van der Waals surface area contributed by atoms with Gasteiger partial charge in [0, 0.05) is 11.8 Å². The van der Waals surface area contributed by atoms with Gasteiger partial charge in [-0.2, -0.15) is 0 Å². The van der Waals surface area contributed by atoms with Crippen LogP contribution in [0.25, 0.3) is 11.3 Å². The minimum atomic E-state index is 0.513. The molecular formula is C11H9ClN2. The Kier molecular flexibility index (Phi) is 2.37. The van der Waals surface area contributed by atoms with Gasteiger partial charge in [0.2, 0.25) is 0 Å². The van der Waals surface area contributed by atoms with Crippen molar-refractivity contribution < 1.29 is 0 Å². The molecule has 0 radical (unpaired) electrons. The first-order valence-electron chi connectivity index (χ1n) is 4.24. The summed E-state index contributed by atoms with van der Waals surface area (Å²) in [6.45, 7) is 0. The highest BCUT2D eigenvalue weighted by Crippen LogP contribution is 2.29. The molecule has 2 aromatic rings. The van der Waals surface area contributed by atoms with Crippen LogP contribution >= 0.6 is 11.6 Å². The number of hydrogen-bond donors (Lipinski definition) is 1. The molecule has 2 rings (SSSR count). The lowest BCUT2D eigenvalue weighted by atomic mass is 10.1.